The van der Waals surface area contributed by atoms with Gasteiger partial charge in [0.1, 0.15) is 11.5 Å². The number of imidazole rings is 1. The fourth-order valence-corrected chi connectivity index (χ4v) is 15.5. The van der Waals surface area contributed by atoms with Crippen LogP contribution in [0, 0.1) is 0 Å². The summed E-state index contributed by atoms with van der Waals surface area (Å²) in [6.45, 7) is 4.73. The van der Waals surface area contributed by atoms with Crippen molar-refractivity contribution >= 4 is 78.9 Å². The molecule has 1 aliphatic rings. The van der Waals surface area contributed by atoms with Crippen molar-refractivity contribution in [1.29, 1.82) is 0 Å². The van der Waals surface area contributed by atoms with Gasteiger partial charge in [-0.25, -0.2) is 9.97 Å². The van der Waals surface area contributed by atoms with Gasteiger partial charge in [-0.1, -0.05) is 159 Å². The number of pyridine rings is 1. The first-order valence-electron chi connectivity index (χ1n) is 22.1. The quantitative estimate of drug-likeness (QED) is 0.119. The highest BCUT2D eigenvalue weighted by Gasteiger charge is 2.42. The van der Waals surface area contributed by atoms with Gasteiger partial charge in [-0.05, 0) is 98.6 Å². The molecule has 0 atom stereocenters. The van der Waals surface area contributed by atoms with Crippen molar-refractivity contribution < 1.29 is 0 Å². The third-order valence-electron chi connectivity index (χ3n) is 13.7. The summed E-state index contributed by atoms with van der Waals surface area (Å²) in [6, 6.07) is 78.1. The fraction of sp³-hybridized carbons (Fsp3) is 0.0690. The molecule has 0 unspecified atom stereocenters. The van der Waals surface area contributed by atoms with E-state index < -0.39 is 8.07 Å². The molecule has 0 radical (unpaired) electrons. The molecule has 8 aromatic carbocycles. The van der Waals surface area contributed by atoms with Crippen LogP contribution in [0.3, 0.4) is 0 Å². The van der Waals surface area contributed by atoms with E-state index in [1.807, 2.05) is 6.20 Å². The molecule has 0 bridgehead atoms. The highest BCUT2D eigenvalue weighted by molar-refractivity contribution is 7.20. The van der Waals surface area contributed by atoms with E-state index in [0.29, 0.717) is 0 Å². The highest BCUT2D eigenvalue weighted by atomic mass is 28.3. The minimum absolute atomic E-state index is 0.269. The molecule has 0 saturated heterocycles. The Hall–Kier alpha value is -7.80. The summed E-state index contributed by atoms with van der Waals surface area (Å²) in [6.07, 6.45) is 1.93. The molecule has 12 rings (SSSR count). The third-order valence-corrected chi connectivity index (χ3v) is 18.4. The average molecular weight is 840 g/mol. The van der Waals surface area contributed by atoms with Crippen LogP contribution in [-0.4, -0.2) is 27.2 Å². The summed E-state index contributed by atoms with van der Waals surface area (Å²) in [4.78, 5) is 12.8. The van der Waals surface area contributed by atoms with E-state index in [1.54, 1.807) is 0 Å². The summed E-state index contributed by atoms with van der Waals surface area (Å²) in [7, 11) is -0.889. The molecule has 4 heterocycles. The van der Waals surface area contributed by atoms with Crippen molar-refractivity contribution in [2.75, 3.05) is 4.90 Å². The molecule has 1 aliphatic heterocycles. The fourth-order valence-electron chi connectivity index (χ4n) is 10.7. The summed E-state index contributed by atoms with van der Waals surface area (Å²) in [5.74, 6) is 0.955. The van der Waals surface area contributed by atoms with Crippen molar-refractivity contribution in [1.82, 2.24) is 19.1 Å². The number of hydrogen-bond donors (Lipinski definition) is 0. The van der Waals surface area contributed by atoms with E-state index in [4.69, 9.17) is 9.97 Å². The summed E-state index contributed by atoms with van der Waals surface area (Å²) >= 11 is 0. The first-order valence-corrected chi connectivity index (χ1v) is 24.1. The second-order valence-electron chi connectivity index (χ2n) is 17.5. The zero-order valence-electron chi connectivity index (χ0n) is 36.0. The lowest BCUT2D eigenvalue weighted by atomic mass is 9.73. The number of fused-ring (bicyclic) bond motifs is 6. The Labute approximate surface area is 374 Å². The van der Waals surface area contributed by atoms with E-state index >= 15 is 0 Å². The van der Waals surface area contributed by atoms with Crippen LogP contribution in [-0.2, 0) is 12.5 Å². The number of benzene rings is 8. The molecule has 0 spiro atoms. The third kappa shape index (κ3) is 5.62. The molecule has 11 aromatic rings. The van der Waals surface area contributed by atoms with Gasteiger partial charge < -0.3 is 9.47 Å². The number of anilines is 3. The normalized spacial score (nSPS) is 13.3. The number of aromatic nitrogens is 4. The van der Waals surface area contributed by atoms with E-state index in [2.05, 4.69) is 247 Å². The maximum absolute atomic E-state index is 5.17. The Kier molecular flexibility index (Phi) is 8.68. The first kappa shape index (κ1) is 37.9. The lowest BCUT2D eigenvalue weighted by molar-refractivity contribution is 0.632. The molecule has 6 heteroatoms. The number of hydrogen-bond acceptors (Lipinski definition) is 3. The van der Waals surface area contributed by atoms with Gasteiger partial charge in [0.15, 0.2) is 8.07 Å². The van der Waals surface area contributed by atoms with Crippen molar-refractivity contribution in [2.24, 2.45) is 7.05 Å². The van der Waals surface area contributed by atoms with Gasteiger partial charge in [-0.15, -0.1) is 0 Å². The topological polar surface area (TPSA) is 38.9 Å². The monoisotopic (exact) mass is 839 g/mol. The summed E-state index contributed by atoms with van der Waals surface area (Å²) in [5.41, 5.74) is 12.2. The van der Waals surface area contributed by atoms with Gasteiger partial charge in [0.2, 0.25) is 0 Å². The zero-order valence-corrected chi connectivity index (χ0v) is 37.0. The van der Waals surface area contributed by atoms with Crippen LogP contribution in [0.1, 0.15) is 25.0 Å². The Morgan fingerprint density at radius 2 is 1.09 bits per heavy atom. The minimum atomic E-state index is -3.01. The predicted molar refractivity (Wildman–Crippen MR) is 269 cm³/mol. The Bertz CT molecular complexity index is 3510. The smallest absolute Gasteiger partial charge is 0.179 e. The lowest BCUT2D eigenvalue weighted by Crippen LogP contribution is -2.74. The largest absolute Gasteiger partial charge is 0.327 e. The van der Waals surface area contributed by atoms with Crippen LogP contribution >= 0.6 is 0 Å². The van der Waals surface area contributed by atoms with Gasteiger partial charge in [0, 0.05) is 46.4 Å². The molecule has 5 nitrogen and oxygen atoms in total. The maximum Gasteiger partial charge on any atom is 0.179 e. The van der Waals surface area contributed by atoms with Crippen molar-refractivity contribution in [3.8, 4) is 17.1 Å². The SMILES string of the molecule is Cn1c(-c2cccc([Si](c3ccccc3)(c3ccccc3)c3cccc(-n4c5cc6c(cc5c5cccnc54)N(c4ccccc4)c4ccccc4C6(C)C)c3)c2)nc2ccccc21. The Morgan fingerprint density at radius 1 is 0.469 bits per heavy atom. The molecular weight excluding hydrogens is 795 g/mol. The van der Waals surface area contributed by atoms with Crippen molar-refractivity contribution in [3.05, 3.63) is 230 Å². The van der Waals surface area contributed by atoms with Gasteiger partial charge in [-0.3, -0.25) is 4.57 Å². The molecule has 0 N–H and O–H groups in total. The number of nitrogens with zero attached hydrogens (tertiary/aromatic N) is 5. The predicted octanol–water partition coefficient (Wildman–Crippen LogP) is 11.2. The molecular formula is C58H45N5Si. The zero-order chi connectivity index (χ0) is 43.0. The summed E-state index contributed by atoms with van der Waals surface area (Å²) < 4.78 is 4.62. The molecule has 0 fully saturated rings. The first-order chi connectivity index (χ1) is 31.4. The van der Waals surface area contributed by atoms with Crippen LogP contribution in [0.15, 0.2) is 219 Å². The van der Waals surface area contributed by atoms with Crippen LogP contribution in [0.2, 0.25) is 0 Å². The molecule has 306 valence electrons. The van der Waals surface area contributed by atoms with E-state index in [-0.39, 0.29) is 5.41 Å². The van der Waals surface area contributed by atoms with E-state index in [0.717, 1.165) is 50.3 Å². The van der Waals surface area contributed by atoms with Gasteiger partial charge in [0.25, 0.3) is 0 Å². The number of aryl methyl sites for hydroxylation is 1. The van der Waals surface area contributed by atoms with Crippen LogP contribution in [0.5, 0.6) is 0 Å². The lowest BCUT2D eigenvalue weighted by Gasteiger charge is -2.42. The maximum atomic E-state index is 5.17. The summed E-state index contributed by atoms with van der Waals surface area (Å²) in [5, 5.41) is 7.52. The van der Waals surface area contributed by atoms with E-state index in [9.17, 15) is 0 Å². The molecule has 0 aliphatic carbocycles. The van der Waals surface area contributed by atoms with Gasteiger partial charge in [-0.2, -0.15) is 0 Å². The standard InChI is InChI=1S/C58H45N5Si/c1-58(2)49-31-13-15-33-52(49)62(41-21-7-4-8-22-41)55-38-48-47-30-19-35-59-57(47)63(54(48)39-50(55)58)42-23-18-29-46(37-42)64(43-24-9-5-10-25-43,44-26-11-6-12-27-44)45-28-17-20-40(36-45)56-60-51-32-14-16-34-53(51)61(56)3/h4-39H,1-3H3. The van der Waals surface area contributed by atoms with Crippen LogP contribution < -0.4 is 25.6 Å². The highest BCUT2D eigenvalue weighted by Crippen LogP contribution is 2.53. The van der Waals surface area contributed by atoms with Crippen LogP contribution in [0.4, 0.5) is 17.1 Å². The minimum Gasteiger partial charge on any atom is -0.327 e. The molecule has 0 saturated carbocycles. The van der Waals surface area contributed by atoms with Crippen LogP contribution in [0.25, 0.3) is 50.0 Å². The van der Waals surface area contributed by atoms with Crippen molar-refractivity contribution in [3.63, 3.8) is 0 Å². The van der Waals surface area contributed by atoms with Crippen molar-refractivity contribution in [2.45, 2.75) is 19.3 Å². The molecule has 3 aromatic heterocycles. The van der Waals surface area contributed by atoms with E-state index in [1.165, 1.54) is 48.6 Å². The number of para-hydroxylation sites is 4. The molecule has 0 amide bonds. The Morgan fingerprint density at radius 3 is 1.84 bits per heavy atom. The number of rotatable bonds is 7. The average Bonchev–Trinajstić information content (AvgIpc) is 3.86. The van der Waals surface area contributed by atoms with Gasteiger partial charge in [0.05, 0.1) is 27.9 Å². The second-order valence-corrected chi connectivity index (χ2v) is 21.3. The Balaban J connectivity index is 1.12. The molecule has 64 heavy (non-hydrogen) atoms. The second kappa shape index (κ2) is 14.7. The van der Waals surface area contributed by atoms with Gasteiger partial charge >= 0.3 is 0 Å².